The Morgan fingerprint density at radius 3 is 3.30 bits per heavy atom. The molecule has 4 rings (SSSR count). The summed E-state index contributed by atoms with van der Waals surface area (Å²) in [5, 5.41) is 7.70. The summed E-state index contributed by atoms with van der Waals surface area (Å²) in [7, 11) is 0. The maximum atomic E-state index is 6.04. The summed E-state index contributed by atoms with van der Waals surface area (Å²) >= 11 is 0. The molecule has 2 unspecified atom stereocenters. The van der Waals surface area contributed by atoms with Crippen molar-refractivity contribution in [2.45, 2.75) is 12.1 Å². The van der Waals surface area contributed by atoms with E-state index in [1.54, 1.807) is 0 Å². The first-order valence-corrected chi connectivity index (χ1v) is 6.97. The van der Waals surface area contributed by atoms with Gasteiger partial charge < -0.3 is 15.8 Å². The molecule has 20 heavy (non-hydrogen) atoms. The van der Waals surface area contributed by atoms with E-state index in [1.165, 1.54) is 6.33 Å². The molecule has 106 valence electrons. The summed E-state index contributed by atoms with van der Waals surface area (Å²) in [4.78, 5) is 6.51. The first-order valence-electron chi connectivity index (χ1n) is 6.97. The van der Waals surface area contributed by atoms with Gasteiger partial charge in [-0.15, -0.1) is 0 Å². The molecule has 2 aromatic rings. The van der Waals surface area contributed by atoms with Gasteiger partial charge in [-0.2, -0.15) is 5.10 Å². The Labute approximate surface area is 116 Å². The largest absolute Gasteiger partial charge is 0.382 e. The van der Waals surface area contributed by atoms with Crippen LogP contribution in [0, 0.1) is 0 Å². The van der Waals surface area contributed by atoms with Crippen LogP contribution < -0.4 is 11.1 Å². The second-order valence-electron chi connectivity index (χ2n) is 5.38. The molecule has 4 heterocycles. The van der Waals surface area contributed by atoms with Gasteiger partial charge in [0.15, 0.2) is 5.82 Å². The lowest BCUT2D eigenvalue weighted by molar-refractivity contribution is -0.0740. The van der Waals surface area contributed by atoms with Crippen molar-refractivity contribution in [3.05, 3.63) is 24.2 Å². The third kappa shape index (κ3) is 1.86. The molecule has 2 aliphatic rings. The van der Waals surface area contributed by atoms with Crippen molar-refractivity contribution >= 4 is 11.3 Å². The molecular formula is C13H18N6O. The van der Waals surface area contributed by atoms with E-state index in [9.17, 15) is 0 Å². The van der Waals surface area contributed by atoms with E-state index in [0.717, 1.165) is 44.0 Å². The summed E-state index contributed by atoms with van der Waals surface area (Å²) in [6, 6.07) is 4.48. The second kappa shape index (κ2) is 4.69. The molecule has 3 N–H and O–H groups in total. The highest BCUT2D eigenvalue weighted by Gasteiger charge is 2.32. The van der Waals surface area contributed by atoms with Crippen molar-refractivity contribution < 1.29 is 4.74 Å². The van der Waals surface area contributed by atoms with Crippen molar-refractivity contribution in [2.75, 3.05) is 38.5 Å². The Kier molecular flexibility index (Phi) is 2.83. The number of aromatic nitrogens is 3. The molecule has 0 radical (unpaired) electrons. The molecule has 2 aromatic heterocycles. The number of rotatable bonds is 1. The molecule has 7 nitrogen and oxygen atoms in total. The molecule has 0 spiro atoms. The van der Waals surface area contributed by atoms with Crippen LogP contribution in [0.3, 0.4) is 0 Å². The Balaban J connectivity index is 1.65. The smallest absolute Gasteiger partial charge is 0.151 e. The van der Waals surface area contributed by atoms with Gasteiger partial charge in [0, 0.05) is 32.2 Å². The van der Waals surface area contributed by atoms with Gasteiger partial charge in [-0.1, -0.05) is 0 Å². The third-order valence-electron chi connectivity index (χ3n) is 4.20. The van der Waals surface area contributed by atoms with E-state index >= 15 is 0 Å². The van der Waals surface area contributed by atoms with Crippen molar-refractivity contribution in [1.82, 2.24) is 24.8 Å². The van der Waals surface area contributed by atoms with Crippen LogP contribution in [0.1, 0.15) is 11.8 Å². The number of nitrogen functional groups attached to an aromatic ring is 1. The van der Waals surface area contributed by atoms with Crippen molar-refractivity contribution in [3.8, 4) is 0 Å². The highest BCUT2D eigenvalue weighted by molar-refractivity contribution is 5.65. The topological polar surface area (TPSA) is 80.7 Å². The van der Waals surface area contributed by atoms with Gasteiger partial charge in [0.05, 0.1) is 12.3 Å². The summed E-state index contributed by atoms with van der Waals surface area (Å²) in [5.41, 5.74) is 7.76. The molecule has 7 heteroatoms. The molecule has 2 aliphatic heterocycles. The summed E-state index contributed by atoms with van der Waals surface area (Å²) in [5.74, 6) is 0.502. The molecule has 0 amide bonds. The number of morpholine rings is 1. The third-order valence-corrected chi connectivity index (χ3v) is 4.20. The van der Waals surface area contributed by atoms with Crippen LogP contribution in [0.2, 0.25) is 0 Å². The average Bonchev–Trinajstić information content (AvgIpc) is 2.92. The summed E-state index contributed by atoms with van der Waals surface area (Å²) < 4.78 is 7.88. The fourth-order valence-electron chi connectivity index (χ4n) is 3.10. The normalized spacial score (nSPS) is 27.6. The zero-order valence-electron chi connectivity index (χ0n) is 11.2. The molecule has 2 fully saturated rings. The van der Waals surface area contributed by atoms with Crippen LogP contribution in [-0.4, -0.2) is 58.3 Å². The zero-order chi connectivity index (χ0) is 13.5. The number of nitrogens with zero attached hydrogens (tertiary/aromatic N) is 4. The number of nitrogens with one attached hydrogen (secondary N) is 1. The first-order chi connectivity index (χ1) is 9.83. The van der Waals surface area contributed by atoms with Gasteiger partial charge in [0.2, 0.25) is 0 Å². The van der Waals surface area contributed by atoms with Gasteiger partial charge >= 0.3 is 0 Å². The molecule has 0 bridgehead atoms. The monoisotopic (exact) mass is 274 g/mol. The van der Waals surface area contributed by atoms with Crippen LogP contribution in [0.4, 0.5) is 5.82 Å². The fraction of sp³-hybridized carbons (Fsp3) is 0.538. The molecule has 2 atom stereocenters. The van der Waals surface area contributed by atoms with Crippen LogP contribution in [-0.2, 0) is 4.74 Å². The lowest BCUT2D eigenvalue weighted by Crippen LogP contribution is -2.57. The Morgan fingerprint density at radius 1 is 1.40 bits per heavy atom. The predicted octanol–water partition coefficient (Wildman–Crippen LogP) is -0.343. The van der Waals surface area contributed by atoms with Crippen LogP contribution in [0.15, 0.2) is 18.5 Å². The van der Waals surface area contributed by atoms with E-state index in [4.69, 9.17) is 10.5 Å². The molecular weight excluding hydrogens is 256 g/mol. The average molecular weight is 274 g/mol. The van der Waals surface area contributed by atoms with E-state index in [0.29, 0.717) is 11.9 Å². The van der Waals surface area contributed by atoms with E-state index in [2.05, 4.69) is 20.3 Å². The highest BCUT2D eigenvalue weighted by atomic mass is 16.5. The standard InChI is InChI=1S/C13H18N6O/c14-13-11-2-1-10(19(11)17-8-16-13)12-6-18-4-3-15-5-9(18)7-20-12/h1-2,8-9,12,15H,3-7H2,(H2,14,16,17). The summed E-state index contributed by atoms with van der Waals surface area (Å²) in [6.07, 6.45) is 1.53. The maximum Gasteiger partial charge on any atom is 0.151 e. The van der Waals surface area contributed by atoms with Crippen LogP contribution >= 0.6 is 0 Å². The van der Waals surface area contributed by atoms with Crippen molar-refractivity contribution in [1.29, 1.82) is 0 Å². The lowest BCUT2D eigenvalue weighted by atomic mass is 10.1. The lowest BCUT2D eigenvalue weighted by Gasteiger charge is -2.42. The first kappa shape index (κ1) is 12.1. The fourth-order valence-corrected chi connectivity index (χ4v) is 3.10. The number of hydrogen-bond acceptors (Lipinski definition) is 6. The van der Waals surface area contributed by atoms with Gasteiger partial charge in [-0.05, 0) is 12.1 Å². The number of anilines is 1. The molecule has 0 saturated carbocycles. The Hall–Kier alpha value is -1.70. The predicted molar refractivity (Wildman–Crippen MR) is 74.3 cm³/mol. The molecule has 2 saturated heterocycles. The van der Waals surface area contributed by atoms with E-state index in [1.807, 2.05) is 16.6 Å². The number of fused-ring (bicyclic) bond motifs is 2. The van der Waals surface area contributed by atoms with Crippen LogP contribution in [0.5, 0.6) is 0 Å². The van der Waals surface area contributed by atoms with Gasteiger partial charge in [0.1, 0.15) is 17.9 Å². The molecule has 0 aliphatic carbocycles. The number of hydrogen-bond donors (Lipinski definition) is 2. The molecule has 0 aromatic carbocycles. The van der Waals surface area contributed by atoms with E-state index in [-0.39, 0.29) is 6.10 Å². The number of nitrogens with two attached hydrogens (primary N) is 1. The number of ether oxygens (including phenoxy) is 1. The van der Waals surface area contributed by atoms with Gasteiger partial charge in [-0.3, -0.25) is 4.90 Å². The van der Waals surface area contributed by atoms with Crippen LogP contribution in [0.25, 0.3) is 5.52 Å². The second-order valence-corrected chi connectivity index (χ2v) is 5.38. The quantitative estimate of drug-likeness (QED) is 0.740. The van der Waals surface area contributed by atoms with Crippen molar-refractivity contribution in [2.24, 2.45) is 0 Å². The zero-order valence-corrected chi connectivity index (χ0v) is 11.2. The Bertz CT molecular complexity index is 626. The maximum absolute atomic E-state index is 6.04. The van der Waals surface area contributed by atoms with Gasteiger partial charge in [0.25, 0.3) is 0 Å². The van der Waals surface area contributed by atoms with E-state index < -0.39 is 0 Å². The van der Waals surface area contributed by atoms with Gasteiger partial charge in [-0.25, -0.2) is 9.50 Å². The minimum Gasteiger partial charge on any atom is -0.382 e. The summed E-state index contributed by atoms with van der Waals surface area (Å²) in [6.45, 7) is 4.79. The highest BCUT2D eigenvalue weighted by Crippen LogP contribution is 2.27. The number of piperazine rings is 1. The van der Waals surface area contributed by atoms with Crippen molar-refractivity contribution in [3.63, 3.8) is 0 Å². The minimum absolute atomic E-state index is 0.0427. The SMILES string of the molecule is Nc1ncnn2c(C3CN4CCNCC4CO3)ccc12. The minimum atomic E-state index is 0.0427. The Morgan fingerprint density at radius 2 is 2.35 bits per heavy atom.